The lowest BCUT2D eigenvalue weighted by Crippen LogP contribution is -2.39. The zero-order valence-corrected chi connectivity index (χ0v) is 13.8. The number of nitrogens with one attached hydrogen (secondary N) is 1. The van der Waals surface area contributed by atoms with Crippen molar-refractivity contribution in [1.82, 2.24) is 0 Å². The van der Waals surface area contributed by atoms with E-state index in [2.05, 4.69) is 11.4 Å². The summed E-state index contributed by atoms with van der Waals surface area (Å²) in [6, 6.07) is 12.7. The Labute approximate surface area is 141 Å². The first-order valence-corrected chi connectivity index (χ1v) is 7.95. The Kier molecular flexibility index (Phi) is 4.51. The number of ether oxygens (including phenoxy) is 1. The van der Waals surface area contributed by atoms with Gasteiger partial charge < -0.3 is 10.1 Å². The standard InChI is InChI=1S/C19H20N2O3/c1-13-9-10-17-14(12-13)6-5-11-21(17)19(23)20-16-8-4-3-7-15(16)18(22)24-2/h3-4,7-10,12H,5-6,11H2,1-2H3,(H,20,23). The first-order chi connectivity index (χ1) is 11.6. The van der Waals surface area contributed by atoms with Crippen molar-refractivity contribution in [2.45, 2.75) is 19.8 Å². The van der Waals surface area contributed by atoms with Gasteiger partial charge in [0.2, 0.25) is 0 Å². The number of methoxy groups -OCH3 is 1. The maximum absolute atomic E-state index is 12.7. The van der Waals surface area contributed by atoms with Gasteiger partial charge in [0.25, 0.3) is 0 Å². The summed E-state index contributed by atoms with van der Waals surface area (Å²) in [7, 11) is 1.32. The molecule has 5 nitrogen and oxygen atoms in total. The summed E-state index contributed by atoms with van der Waals surface area (Å²) in [5.74, 6) is -0.472. The summed E-state index contributed by atoms with van der Waals surface area (Å²) in [5, 5.41) is 2.84. The van der Waals surface area contributed by atoms with Crippen LogP contribution in [0.1, 0.15) is 27.9 Å². The molecule has 0 spiro atoms. The number of nitrogens with zero attached hydrogens (tertiary/aromatic N) is 1. The van der Waals surface area contributed by atoms with E-state index >= 15 is 0 Å². The summed E-state index contributed by atoms with van der Waals surface area (Å²) >= 11 is 0. The number of carbonyl (C=O) groups is 2. The van der Waals surface area contributed by atoms with Gasteiger partial charge in [0.15, 0.2) is 0 Å². The minimum Gasteiger partial charge on any atom is -0.465 e. The lowest BCUT2D eigenvalue weighted by atomic mass is 10.00. The van der Waals surface area contributed by atoms with E-state index in [1.165, 1.54) is 18.2 Å². The Bertz CT molecular complexity index is 786. The molecule has 2 aromatic carbocycles. The van der Waals surface area contributed by atoms with E-state index < -0.39 is 5.97 Å². The molecule has 0 unspecified atom stereocenters. The van der Waals surface area contributed by atoms with Crippen molar-refractivity contribution in [2.75, 3.05) is 23.9 Å². The van der Waals surface area contributed by atoms with E-state index in [1.807, 2.05) is 19.1 Å². The maximum atomic E-state index is 12.7. The summed E-state index contributed by atoms with van der Waals surface area (Å²) in [6.45, 7) is 2.70. The van der Waals surface area contributed by atoms with Crippen LogP contribution < -0.4 is 10.2 Å². The Morgan fingerprint density at radius 3 is 2.75 bits per heavy atom. The zero-order chi connectivity index (χ0) is 17.1. The molecule has 1 aliphatic heterocycles. The Morgan fingerprint density at radius 2 is 1.96 bits per heavy atom. The molecular weight excluding hydrogens is 304 g/mol. The molecule has 0 saturated heterocycles. The lowest BCUT2D eigenvalue weighted by Gasteiger charge is -2.30. The van der Waals surface area contributed by atoms with Gasteiger partial charge in [-0.15, -0.1) is 0 Å². The molecule has 0 fully saturated rings. The predicted octanol–water partition coefficient (Wildman–Crippen LogP) is 3.77. The number of para-hydroxylation sites is 1. The van der Waals surface area contributed by atoms with Crippen molar-refractivity contribution in [1.29, 1.82) is 0 Å². The number of amides is 2. The molecule has 0 radical (unpaired) electrons. The quantitative estimate of drug-likeness (QED) is 0.856. The third-order valence-corrected chi connectivity index (χ3v) is 4.17. The molecule has 1 N–H and O–H groups in total. The van der Waals surface area contributed by atoms with Gasteiger partial charge in [0.1, 0.15) is 0 Å². The molecular formula is C19H20N2O3. The van der Waals surface area contributed by atoms with E-state index in [1.54, 1.807) is 29.2 Å². The van der Waals surface area contributed by atoms with Crippen molar-refractivity contribution in [2.24, 2.45) is 0 Å². The average molecular weight is 324 g/mol. The van der Waals surface area contributed by atoms with Gasteiger partial charge in [-0.2, -0.15) is 0 Å². The van der Waals surface area contributed by atoms with Crippen molar-refractivity contribution < 1.29 is 14.3 Å². The van der Waals surface area contributed by atoms with Crippen LogP contribution in [0.5, 0.6) is 0 Å². The molecule has 3 rings (SSSR count). The van der Waals surface area contributed by atoms with Crippen LogP contribution in [0.15, 0.2) is 42.5 Å². The van der Waals surface area contributed by atoms with Gasteiger partial charge >= 0.3 is 12.0 Å². The number of rotatable bonds is 2. The first kappa shape index (κ1) is 16.1. The smallest absolute Gasteiger partial charge is 0.339 e. The normalized spacial score (nSPS) is 13.2. The summed E-state index contributed by atoms with van der Waals surface area (Å²) in [4.78, 5) is 26.3. The van der Waals surface area contributed by atoms with Crippen molar-refractivity contribution in [3.05, 3.63) is 59.2 Å². The predicted molar refractivity (Wildman–Crippen MR) is 93.6 cm³/mol. The minimum absolute atomic E-state index is 0.240. The molecule has 0 saturated carbocycles. The molecule has 124 valence electrons. The number of hydrogen-bond acceptors (Lipinski definition) is 3. The second-order valence-corrected chi connectivity index (χ2v) is 5.85. The highest BCUT2D eigenvalue weighted by molar-refractivity contribution is 6.06. The second kappa shape index (κ2) is 6.74. The number of aryl methyl sites for hydroxylation is 2. The molecule has 0 bridgehead atoms. The molecule has 1 heterocycles. The van der Waals surface area contributed by atoms with Crippen LogP contribution in [0.3, 0.4) is 0 Å². The largest absolute Gasteiger partial charge is 0.465 e. The van der Waals surface area contributed by atoms with Crippen molar-refractivity contribution >= 4 is 23.4 Å². The highest BCUT2D eigenvalue weighted by atomic mass is 16.5. The van der Waals surface area contributed by atoms with E-state index in [-0.39, 0.29) is 6.03 Å². The molecule has 2 aromatic rings. The second-order valence-electron chi connectivity index (χ2n) is 5.85. The zero-order valence-electron chi connectivity index (χ0n) is 13.8. The van der Waals surface area contributed by atoms with E-state index in [0.29, 0.717) is 17.8 Å². The van der Waals surface area contributed by atoms with Gasteiger partial charge in [-0.05, 0) is 43.5 Å². The van der Waals surface area contributed by atoms with Crippen molar-refractivity contribution in [3.63, 3.8) is 0 Å². The van der Waals surface area contributed by atoms with Gasteiger partial charge in [-0.25, -0.2) is 9.59 Å². The molecule has 0 aliphatic carbocycles. The van der Waals surface area contributed by atoms with Gasteiger partial charge in [-0.1, -0.05) is 29.8 Å². The van der Waals surface area contributed by atoms with E-state index in [9.17, 15) is 9.59 Å². The SMILES string of the molecule is COC(=O)c1ccccc1NC(=O)N1CCCc2cc(C)ccc21. The molecule has 5 heteroatoms. The van der Waals surface area contributed by atoms with Crippen LogP contribution in [0.2, 0.25) is 0 Å². The van der Waals surface area contributed by atoms with Crippen LogP contribution in [0.25, 0.3) is 0 Å². The first-order valence-electron chi connectivity index (χ1n) is 7.95. The van der Waals surface area contributed by atoms with Crippen LogP contribution in [-0.4, -0.2) is 25.7 Å². The lowest BCUT2D eigenvalue weighted by molar-refractivity contribution is 0.0602. The Hall–Kier alpha value is -2.82. The van der Waals surface area contributed by atoms with Gasteiger partial charge in [-0.3, -0.25) is 4.90 Å². The summed E-state index contributed by atoms with van der Waals surface area (Å²) < 4.78 is 4.77. The van der Waals surface area contributed by atoms with Crippen LogP contribution >= 0.6 is 0 Å². The fourth-order valence-electron chi connectivity index (χ4n) is 3.00. The monoisotopic (exact) mass is 324 g/mol. The Balaban J connectivity index is 1.86. The number of carbonyl (C=O) groups excluding carboxylic acids is 2. The summed E-state index contributed by atoms with van der Waals surface area (Å²) in [5.41, 5.74) is 4.09. The highest BCUT2D eigenvalue weighted by Gasteiger charge is 2.23. The molecule has 0 aromatic heterocycles. The maximum Gasteiger partial charge on any atom is 0.339 e. The minimum atomic E-state index is -0.472. The van der Waals surface area contributed by atoms with Gasteiger partial charge in [0.05, 0.1) is 18.4 Å². The van der Waals surface area contributed by atoms with Crippen LogP contribution in [0, 0.1) is 6.92 Å². The molecule has 24 heavy (non-hydrogen) atoms. The Morgan fingerprint density at radius 1 is 1.17 bits per heavy atom. The molecule has 2 amide bonds. The summed E-state index contributed by atoms with van der Waals surface area (Å²) in [6.07, 6.45) is 1.89. The third kappa shape index (κ3) is 3.11. The van der Waals surface area contributed by atoms with Crippen LogP contribution in [0.4, 0.5) is 16.2 Å². The topological polar surface area (TPSA) is 58.6 Å². The molecule has 0 atom stereocenters. The average Bonchev–Trinajstić information content (AvgIpc) is 2.60. The van der Waals surface area contributed by atoms with Crippen molar-refractivity contribution in [3.8, 4) is 0 Å². The number of fused-ring (bicyclic) bond motifs is 1. The van der Waals surface area contributed by atoms with Gasteiger partial charge in [0, 0.05) is 12.2 Å². The highest BCUT2D eigenvalue weighted by Crippen LogP contribution is 2.29. The van der Waals surface area contributed by atoms with Crippen LogP contribution in [-0.2, 0) is 11.2 Å². The number of benzene rings is 2. The number of anilines is 2. The third-order valence-electron chi connectivity index (χ3n) is 4.17. The number of urea groups is 1. The fourth-order valence-corrected chi connectivity index (χ4v) is 3.00. The number of esters is 1. The molecule has 1 aliphatic rings. The number of hydrogen-bond donors (Lipinski definition) is 1. The van der Waals surface area contributed by atoms with E-state index in [0.717, 1.165) is 18.5 Å². The van der Waals surface area contributed by atoms with E-state index in [4.69, 9.17) is 4.74 Å². The fraction of sp³-hybridized carbons (Fsp3) is 0.263.